The van der Waals surface area contributed by atoms with E-state index < -0.39 is 11.5 Å². The van der Waals surface area contributed by atoms with E-state index in [1.807, 2.05) is 20.8 Å². The van der Waals surface area contributed by atoms with E-state index in [-0.39, 0.29) is 5.92 Å². The zero-order chi connectivity index (χ0) is 14.0. The minimum atomic E-state index is -0.902. The molecular formula is C13H22N4O2. The lowest BCUT2D eigenvalue weighted by Crippen LogP contribution is -2.57. The van der Waals surface area contributed by atoms with Gasteiger partial charge in [0, 0.05) is 0 Å². The van der Waals surface area contributed by atoms with Crippen LogP contribution in [0, 0.1) is 19.8 Å². The van der Waals surface area contributed by atoms with Crippen LogP contribution in [0.1, 0.15) is 37.8 Å². The second-order valence-electron chi connectivity index (χ2n) is 5.34. The van der Waals surface area contributed by atoms with Crippen molar-refractivity contribution in [1.29, 1.82) is 0 Å². The van der Waals surface area contributed by atoms with Crippen molar-refractivity contribution in [2.24, 2.45) is 5.92 Å². The van der Waals surface area contributed by atoms with E-state index in [1.54, 1.807) is 4.68 Å². The molecule has 19 heavy (non-hydrogen) atoms. The Hall–Kier alpha value is -1.43. The highest BCUT2D eigenvalue weighted by Crippen LogP contribution is 2.41. The molecule has 1 saturated carbocycles. The summed E-state index contributed by atoms with van der Waals surface area (Å²) in [6.07, 6.45) is 2.85. The zero-order valence-corrected chi connectivity index (χ0v) is 11.8. The van der Waals surface area contributed by atoms with Crippen molar-refractivity contribution >= 4 is 5.97 Å². The van der Waals surface area contributed by atoms with E-state index >= 15 is 0 Å². The number of aryl methyl sites for hydroxylation is 2. The lowest BCUT2D eigenvalue weighted by molar-refractivity contribution is -0.147. The number of carboxylic acid groups (broad SMARTS) is 1. The fourth-order valence-electron chi connectivity index (χ4n) is 2.52. The summed E-state index contributed by atoms with van der Waals surface area (Å²) >= 11 is 0. The molecule has 1 unspecified atom stereocenters. The first-order chi connectivity index (χ1) is 8.99. The standard InChI is InChI=1S/C13H22N4O2/c1-4-7-14-13(12(18)19,11-5-6-11)8-17-10(3)15-9(2)16-17/h11,14H,4-8H2,1-3H3,(H,18,19). The summed E-state index contributed by atoms with van der Waals surface area (Å²) in [6.45, 7) is 6.77. The van der Waals surface area contributed by atoms with Gasteiger partial charge in [0.15, 0.2) is 0 Å². The van der Waals surface area contributed by atoms with Crippen molar-refractivity contribution in [3.63, 3.8) is 0 Å². The molecule has 0 bridgehead atoms. The molecule has 1 aromatic heterocycles. The maximum Gasteiger partial charge on any atom is 0.326 e. The number of hydrogen-bond donors (Lipinski definition) is 2. The van der Waals surface area contributed by atoms with E-state index in [4.69, 9.17) is 0 Å². The Morgan fingerprint density at radius 1 is 1.53 bits per heavy atom. The van der Waals surface area contributed by atoms with Crippen LogP contribution in [0.25, 0.3) is 0 Å². The molecule has 0 saturated heterocycles. The van der Waals surface area contributed by atoms with Gasteiger partial charge in [-0.25, -0.2) is 9.67 Å². The summed E-state index contributed by atoms with van der Waals surface area (Å²) in [5.74, 6) is 0.863. The van der Waals surface area contributed by atoms with Gasteiger partial charge < -0.3 is 10.4 Å². The topological polar surface area (TPSA) is 80.0 Å². The normalized spacial score (nSPS) is 18.3. The summed E-state index contributed by atoms with van der Waals surface area (Å²) in [7, 11) is 0. The molecular weight excluding hydrogens is 244 g/mol. The summed E-state index contributed by atoms with van der Waals surface area (Å²) in [5, 5.41) is 17.2. The Kier molecular flexibility index (Phi) is 3.89. The van der Waals surface area contributed by atoms with Crippen LogP contribution in [0.15, 0.2) is 0 Å². The van der Waals surface area contributed by atoms with Crippen LogP contribution in [-0.2, 0) is 11.3 Å². The van der Waals surface area contributed by atoms with Crippen molar-refractivity contribution in [2.75, 3.05) is 6.54 Å². The number of carboxylic acids is 1. The van der Waals surface area contributed by atoms with Gasteiger partial charge in [0.1, 0.15) is 17.2 Å². The molecule has 0 aromatic carbocycles. The van der Waals surface area contributed by atoms with Gasteiger partial charge in [-0.1, -0.05) is 6.92 Å². The average Bonchev–Trinajstić information content (AvgIpc) is 3.12. The molecule has 1 fully saturated rings. The Balaban J connectivity index is 2.26. The molecule has 6 nitrogen and oxygen atoms in total. The molecule has 1 heterocycles. The maximum atomic E-state index is 11.8. The van der Waals surface area contributed by atoms with Gasteiger partial charge in [-0.05, 0) is 45.6 Å². The summed E-state index contributed by atoms with van der Waals surface area (Å²) in [6, 6.07) is 0. The maximum absolute atomic E-state index is 11.8. The summed E-state index contributed by atoms with van der Waals surface area (Å²) in [5.41, 5.74) is -0.902. The van der Waals surface area contributed by atoms with Crippen molar-refractivity contribution < 1.29 is 9.90 Å². The van der Waals surface area contributed by atoms with Crippen LogP contribution in [-0.4, -0.2) is 37.9 Å². The van der Waals surface area contributed by atoms with E-state index in [1.165, 1.54) is 0 Å². The minimum absolute atomic E-state index is 0.195. The number of aliphatic carboxylic acids is 1. The first-order valence-corrected chi connectivity index (χ1v) is 6.86. The predicted octanol–water partition coefficient (Wildman–Crippen LogP) is 1.13. The van der Waals surface area contributed by atoms with Crippen LogP contribution in [0.3, 0.4) is 0 Å². The lowest BCUT2D eigenvalue weighted by Gasteiger charge is -2.31. The smallest absolute Gasteiger partial charge is 0.326 e. The third-order valence-corrected chi connectivity index (χ3v) is 3.71. The van der Waals surface area contributed by atoms with Gasteiger partial charge >= 0.3 is 5.97 Å². The molecule has 1 aliphatic rings. The number of aromatic nitrogens is 3. The average molecular weight is 266 g/mol. The largest absolute Gasteiger partial charge is 0.480 e. The molecule has 1 aromatic rings. The van der Waals surface area contributed by atoms with E-state index in [0.29, 0.717) is 18.9 Å². The highest BCUT2D eigenvalue weighted by molar-refractivity contribution is 5.79. The molecule has 1 atom stereocenters. The highest BCUT2D eigenvalue weighted by Gasteiger charge is 2.51. The minimum Gasteiger partial charge on any atom is -0.480 e. The first-order valence-electron chi connectivity index (χ1n) is 6.86. The first kappa shape index (κ1) is 14.0. The van der Waals surface area contributed by atoms with E-state index in [9.17, 15) is 9.90 Å². The summed E-state index contributed by atoms with van der Waals surface area (Å²) < 4.78 is 1.71. The number of nitrogens with one attached hydrogen (secondary N) is 1. The quantitative estimate of drug-likeness (QED) is 0.773. The summed E-state index contributed by atoms with van der Waals surface area (Å²) in [4.78, 5) is 16.1. The molecule has 2 N–H and O–H groups in total. The Morgan fingerprint density at radius 2 is 2.21 bits per heavy atom. The van der Waals surface area contributed by atoms with Gasteiger partial charge in [0.2, 0.25) is 0 Å². The third kappa shape index (κ3) is 2.78. The van der Waals surface area contributed by atoms with Crippen molar-refractivity contribution in [3.05, 3.63) is 11.6 Å². The van der Waals surface area contributed by atoms with Crippen LogP contribution in [0.2, 0.25) is 0 Å². The monoisotopic (exact) mass is 266 g/mol. The van der Waals surface area contributed by atoms with E-state index in [0.717, 1.165) is 25.1 Å². The van der Waals surface area contributed by atoms with Crippen LogP contribution < -0.4 is 5.32 Å². The Morgan fingerprint density at radius 3 is 2.63 bits per heavy atom. The molecule has 106 valence electrons. The van der Waals surface area contributed by atoms with Gasteiger partial charge in [-0.2, -0.15) is 5.10 Å². The van der Waals surface area contributed by atoms with Crippen molar-refractivity contribution in [1.82, 2.24) is 20.1 Å². The number of carbonyl (C=O) groups is 1. The highest BCUT2D eigenvalue weighted by atomic mass is 16.4. The fraction of sp³-hybridized carbons (Fsp3) is 0.769. The van der Waals surface area contributed by atoms with Crippen molar-refractivity contribution in [2.45, 2.75) is 52.1 Å². The molecule has 0 amide bonds. The molecule has 6 heteroatoms. The van der Waals surface area contributed by atoms with Gasteiger partial charge in [-0.15, -0.1) is 0 Å². The van der Waals surface area contributed by atoms with Crippen molar-refractivity contribution in [3.8, 4) is 0 Å². The fourth-order valence-corrected chi connectivity index (χ4v) is 2.52. The predicted molar refractivity (Wildman–Crippen MR) is 70.9 cm³/mol. The van der Waals surface area contributed by atoms with Gasteiger partial charge in [-0.3, -0.25) is 4.79 Å². The lowest BCUT2D eigenvalue weighted by atomic mass is 9.92. The van der Waals surface area contributed by atoms with Gasteiger partial charge in [0.05, 0.1) is 6.54 Å². The SMILES string of the molecule is CCCNC(Cn1nc(C)nc1C)(C(=O)O)C1CC1. The Bertz CT molecular complexity index is 467. The second-order valence-corrected chi connectivity index (χ2v) is 5.34. The molecule has 0 aliphatic heterocycles. The second kappa shape index (κ2) is 5.28. The number of hydrogen-bond acceptors (Lipinski definition) is 4. The Labute approximate surface area is 113 Å². The molecule has 1 aliphatic carbocycles. The third-order valence-electron chi connectivity index (χ3n) is 3.71. The van der Waals surface area contributed by atoms with Crippen LogP contribution in [0.5, 0.6) is 0 Å². The van der Waals surface area contributed by atoms with Gasteiger partial charge in [0.25, 0.3) is 0 Å². The zero-order valence-electron chi connectivity index (χ0n) is 11.8. The molecule has 2 rings (SSSR count). The number of nitrogens with zero attached hydrogens (tertiary/aromatic N) is 3. The molecule has 0 spiro atoms. The van der Waals surface area contributed by atoms with Crippen LogP contribution in [0.4, 0.5) is 0 Å². The van der Waals surface area contributed by atoms with Crippen LogP contribution >= 0.6 is 0 Å². The number of rotatable bonds is 7. The molecule has 0 radical (unpaired) electrons. The van der Waals surface area contributed by atoms with E-state index in [2.05, 4.69) is 15.4 Å².